The Hall–Kier alpha value is -1.62. The Morgan fingerprint density at radius 3 is 2.86 bits per heavy atom. The van der Waals surface area contributed by atoms with Gasteiger partial charge in [0.2, 0.25) is 0 Å². The Labute approximate surface area is 85.0 Å². The molecular formula is C8H8ClN3O2. The van der Waals surface area contributed by atoms with Gasteiger partial charge in [-0.1, -0.05) is 11.6 Å². The molecule has 0 aliphatic heterocycles. The molecule has 0 radical (unpaired) electrons. The molecule has 2 rings (SSSR count). The summed E-state index contributed by atoms with van der Waals surface area (Å²) in [5, 5.41) is 11.4. The van der Waals surface area contributed by atoms with E-state index in [9.17, 15) is 0 Å². The fourth-order valence-electron chi connectivity index (χ4n) is 0.966. The lowest BCUT2D eigenvalue weighted by Gasteiger charge is -1.93. The topological polar surface area (TPSA) is 67.5 Å². The Kier molecular flexibility index (Phi) is 3.41. The number of hydrogen-bond acceptors (Lipinski definition) is 3. The maximum Gasteiger partial charge on any atom is 0.290 e. The molecule has 1 N–H and O–H groups in total. The lowest BCUT2D eigenvalue weighted by molar-refractivity contribution is -0.122. The van der Waals surface area contributed by atoms with Crippen LogP contribution in [0.2, 0.25) is 5.15 Å². The van der Waals surface area contributed by atoms with E-state index in [1.54, 1.807) is 16.8 Å². The van der Waals surface area contributed by atoms with Crippen molar-refractivity contribution >= 4 is 23.7 Å². The zero-order chi connectivity index (χ0) is 10.6. The summed E-state index contributed by atoms with van der Waals surface area (Å²) >= 11 is 5.69. The summed E-state index contributed by atoms with van der Waals surface area (Å²) in [5.74, 6) is 0. The maximum absolute atomic E-state index is 8.36. The van der Waals surface area contributed by atoms with Gasteiger partial charge in [-0.05, 0) is 19.1 Å². The fraction of sp³-hybridized carbons (Fsp3) is 0.125. The van der Waals surface area contributed by atoms with Crippen LogP contribution in [-0.4, -0.2) is 26.2 Å². The number of rotatable bonds is 0. The van der Waals surface area contributed by atoms with Crippen LogP contribution in [0.1, 0.15) is 5.69 Å². The van der Waals surface area contributed by atoms with E-state index >= 15 is 0 Å². The molecule has 0 saturated heterocycles. The average molecular weight is 214 g/mol. The zero-order valence-electron chi connectivity index (χ0n) is 7.38. The second-order valence-electron chi connectivity index (χ2n) is 2.43. The van der Waals surface area contributed by atoms with Gasteiger partial charge in [-0.25, -0.2) is 9.50 Å². The van der Waals surface area contributed by atoms with E-state index in [0.29, 0.717) is 5.15 Å². The average Bonchev–Trinajstić information content (AvgIpc) is 2.49. The summed E-state index contributed by atoms with van der Waals surface area (Å²) in [6.07, 6.45) is 1.76. The number of halogens is 1. The van der Waals surface area contributed by atoms with Crippen molar-refractivity contribution in [2.24, 2.45) is 0 Å². The van der Waals surface area contributed by atoms with Crippen molar-refractivity contribution in [3.05, 3.63) is 29.2 Å². The van der Waals surface area contributed by atoms with Crippen LogP contribution < -0.4 is 0 Å². The number of aromatic nitrogens is 3. The normalized spacial score (nSPS) is 9.29. The SMILES string of the molecule is Cc1cnc2ccc(Cl)nn12.O=CO. The summed E-state index contributed by atoms with van der Waals surface area (Å²) in [5.41, 5.74) is 1.81. The maximum atomic E-state index is 8.36. The van der Waals surface area contributed by atoms with Crippen LogP contribution in [0.15, 0.2) is 18.3 Å². The van der Waals surface area contributed by atoms with Crippen LogP contribution in [0.5, 0.6) is 0 Å². The van der Waals surface area contributed by atoms with E-state index in [0.717, 1.165) is 11.3 Å². The van der Waals surface area contributed by atoms with Gasteiger partial charge in [0.15, 0.2) is 5.65 Å². The Bertz CT molecular complexity index is 441. The lowest BCUT2D eigenvalue weighted by atomic mass is 10.5. The van der Waals surface area contributed by atoms with Gasteiger partial charge in [0.1, 0.15) is 5.15 Å². The molecule has 5 nitrogen and oxygen atoms in total. The predicted molar refractivity (Wildman–Crippen MR) is 51.4 cm³/mol. The minimum Gasteiger partial charge on any atom is -0.483 e. The van der Waals surface area contributed by atoms with Crippen molar-refractivity contribution in [2.45, 2.75) is 6.92 Å². The van der Waals surface area contributed by atoms with Crippen molar-refractivity contribution in [3.63, 3.8) is 0 Å². The minimum absolute atomic E-state index is 0.250. The van der Waals surface area contributed by atoms with Gasteiger partial charge in [0.25, 0.3) is 6.47 Å². The number of imidazole rings is 1. The number of carboxylic acid groups (broad SMARTS) is 1. The lowest BCUT2D eigenvalue weighted by Crippen LogP contribution is -1.92. The van der Waals surface area contributed by atoms with E-state index in [1.807, 2.05) is 13.0 Å². The van der Waals surface area contributed by atoms with Crippen molar-refractivity contribution in [3.8, 4) is 0 Å². The van der Waals surface area contributed by atoms with Gasteiger partial charge < -0.3 is 5.11 Å². The van der Waals surface area contributed by atoms with E-state index in [4.69, 9.17) is 21.5 Å². The molecular weight excluding hydrogens is 206 g/mol. The van der Waals surface area contributed by atoms with Crippen LogP contribution in [0.4, 0.5) is 0 Å². The van der Waals surface area contributed by atoms with Crippen LogP contribution in [-0.2, 0) is 4.79 Å². The molecule has 14 heavy (non-hydrogen) atoms. The fourth-order valence-corrected chi connectivity index (χ4v) is 1.10. The molecule has 0 unspecified atom stereocenters. The molecule has 0 fully saturated rings. The molecule has 2 aromatic heterocycles. The first-order valence-electron chi connectivity index (χ1n) is 3.73. The van der Waals surface area contributed by atoms with Crippen molar-refractivity contribution < 1.29 is 9.90 Å². The number of carbonyl (C=O) groups is 1. The van der Waals surface area contributed by atoms with Crippen LogP contribution in [0, 0.1) is 6.92 Å². The molecule has 2 heterocycles. The molecule has 0 amide bonds. The highest BCUT2D eigenvalue weighted by Crippen LogP contribution is 2.07. The summed E-state index contributed by atoms with van der Waals surface area (Å²) in [6, 6.07) is 3.56. The standard InChI is InChI=1S/C7H6ClN3.CH2O2/c1-5-4-9-7-3-2-6(8)10-11(5)7;2-1-3/h2-4H,1H3;1H,(H,2,3). The van der Waals surface area contributed by atoms with Gasteiger partial charge in [0, 0.05) is 0 Å². The second kappa shape index (κ2) is 4.57. The van der Waals surface area contributed by atoms with Gasteiger partial charge in [0.05, 0.1) is 11.9 Å². The summed E-state index contributed by atoms with van der Waals surface area (Å²) < 4.78 is 1.71. The first kappa shape index (κ1) is 10.5. The largest absolute Gasteiger partial charge is 0.483 e. The number of aryl methyl sites for hydroxylation is 1. The van der Waals surface area contributed by atoms with Crippen LogP contribution in [0.3, 0.4) is 0 Å². The molecule has 0 bridgehead atoms. The Morgan fingerprint density at radius 1 is 1.57 bits per heavy atom. The monoisotopic (exact) mass is 213 g/mol. The second-order valence-corrected chi connectivity index (χ2v) is 2.82. The van der Waals surface area contributed by atoms with Crippen LogP contribution >= 0.6 is 11.6 Å². The molecule has 0 saturated carbocycles. The summed E-state index contributed by atoms with van der Waals surface area (Å²) in [7, 11) is 0. The number of fused-ring (bicyclic) bond motifs is 1. The third-order valence-corrected chi connectivity index (χ3v) is 1.70. The smallest absolute Gasteiger partial charge is 0.290 e. The summed E-state index contributed by atoms with van der Waals surface area (Å²) in [4.78, 5) is 12.5. The molecule has 74 valence electrons. The van der Waals surface area contributed by atoms with Crippen molar-refractivity contribution in [1.82, 2.24) is 14.6 Å². The molecule has 0 aromatic carbocycles. The Balaban J connectivity index is 0.000000293. The van der Waals surface area contributed by atoms with E-state index in [-0.39, 0.29) is 6.47 Å². The van der Waals surface area contributed by atoms with Gasteiger partial charge >= 0.3 is 0 Å². The first-order chi connectivity index (χ1) is 6.69. The predicted octanol–water partition coefficient (Wildman–Crippen LogP) is 1.39. The highest BCUT2D eigenvalue weighted by atomic mass is 35.5. The van der Waals surface area contributed by atoms with Crippen molar-refractivity contribution in [1.29, 1.82) is 0 Å². The molecule has 2 aromatic rings. The van der Waals surface area contributed by atoms with Gasteiger partial charge in [-0.3, -0.25) is 4.79 Å². The van der Waals surface area contributed by atoms with Gasteiger partial charge in [-0.2, -0.15) is 5.10 Å². The third kappa shape index (κ3) is 2.20. The number of nitrogens with zero attached hydrogens (tertiary/aromatic N) is 3. The molecule has 0 aliphatic rings. The highest BCUT2D eigenvalue weighted by molar-refractivity contribution is 6.29. The van der Waals surface area contributed by atoms with Crippen molar-refractivity contribution in [2.75, 3.05) is 0 Å². The third-order valence-electron chi connectivity index (χ3n) is 1.50. The minimum atomic E-state index is -0.250. The molecule has 0 atom stereocenters. The summed E-state index contributed by atoms with van der Waals surface area (Å²) in [6.45, 7) is 1.68. The molecule has 0 aliphatic carbocycles. The molecule has 6 heteroatoms. The quantitative estimate of drug-likeness (QED) is 0.672. The number of hydrogen-bond donors (Lipinski definition) is 1. The molecule has 0 spiro atoms. The zero-order valence-corrected chi connectivity index (χ0v) is 8.14. The van der Waals surface area contributed by atoms with Gasteiger partial charge in [-0.15, -0.1) is 0 Å². The Morgan fingerprint density at radius 2 is 2.21 bits per heavy atom. The first-order valence-corrected chi connectivity index (χ1v) is 4.11. The van der Waals surface area contributed by atoms with E-state index in [2.05, 4.69) is 10.1 Å². The van der Waals surface area contributed by atoms with E-state index < -0.39 is 0 Å². The highest BCUT2D eigenvalue weighted by Gasteiger charge is 1.98. The van der Waals surface area contributed by atoms with E-state index in [1.165, 1.54) is 0 Å². The van der Waals surface area contributed by atoms with Crippen LogP contribution in [0.25, 0.3) is 5.65 Å².